The predicted molar refractivity (Wildman–Crippen MR) is 483 cm³/mol. The van der Waals surface area contributed by atoms with Crippen LogP contribution in [0.2, 0.25) is 0 Å². The second kappa shape index (κ2) is 38.2. The fraction of sp³-hybridized carbons (Fsp3) is 0.273. The van der Waals surface area contributed by atoms with Crippen molar-refractivity contribution in [2.75, 3.05) is 58.1 Å². The quantitative estimate of drug-likeness (QED) is 0.0370. The van der Waals surface area contributed by atoms with Crippen LogP contribution in [0.25, 0.3) is 108 Å². The summed E-state index contributed by atoms with van der Waals surface area (Å²) in [6, 6.07) is 36.0. The number of benzene rings is 4. The van der Waals surface area contributed by atoms with Gasteiger partial charge in [-0.1, -0.05) is 13.8 Å². The number of carboxylic acids is 1. The van der Waals surface area contributed by atoms with E-state index in [2.05, 4.69) is 55.2 Å². The Kier molecular flexibility index (Phi) is 26.8. The third-order valence-electron chi connectivity index (χ3n) is 19.4. The van der Waals surface area contributed by atoms with E-state index in [0.29, 0.717) is 148 Å². The van der Waals surface area contributed by atoms with Crippen LogP contribution in [-0.4, -0.2) is 193 Å². The van der Waals surface area contributed by atoms with Gasteiger partial charge in [0, 0.05) is 56.4 Å². The average Bonchev–Trinajstić information content (AvgIpc) is 1.04. The molecular formula is C88H85ClN16O16S4. The van der Waals surface area contributed by atoms with Gasteiger partial charge in [-0.05, 0) is 218 Å². The molecule has 0 spiro atoms. The highest BCUT2D eigenvalue weighted by molar-refractivity contribution is 7.18. The number of carbonyl (C=O) groups excluding carboxylic acids is 5. The summed E-state index contributed by atoms with van der Waals surface area (Å²) in [6.07, 6.45) is 7.04. The van der Waals surface area contributed by atoms with Crippen molar-refractivity contribution in [2.24, 2.45) is 5.73 Å². The maximum absolute atomic E-state index is 12.7. The zero-order valence-electron chi connectivity index (χ0n) is 68.8. The number of H-pyrrole nitrogens is 3. The standard InChI is InChI=1S/C23H22N4O4S.C21H18N4O3S.C18H14N4O2S.C15H21N3O4.C8H5NO2S.C3H5ClO/c1-23(2,3)31-22(29)27-11-15(12-27)30-14-4-5-17-16(9-14)21(28)26-20(25-17)18-8-13-6-7-32-19(13)10-24-18;1-2-19(26)25-10-14(11-25)28-13-3-4-16-15(8-13)21(27)24-20(23-16)17-7-12-5-6-29-18(12)9-22-17;23-18-13-6-11(24-12-7-19-8-12)1-2-14(13)21-17(22-18)15-5-10-3-4-25-16(10)9-20-15;1-15(2,3)22-14(20)18-7-10(8-18)21-9-4-5-12(16)11(6-9)13(17)19;10-8(11)6-3-5-1-2-12-7(5)4-9-6;1-2-3(4)5/h4-10,15H,11-12H2,1-3H3,(H,25,26,28);3-9,14H,2,10-11H2,1H3,(H,23,24,27);1-6,9,12,19H,7-8H2,(H,21,22,23);4-6,10H,7-8,16H2,1-3H3,(H2,17,19);1-4H,(H,10,11);2H2,1H3. The number of rotatable bonds is 15. The number of amides is 4. The lowest BCUT2D eigenvalue weighted by Gasteiger charge is -2.39. The number of nitrogen functional groups attached to an aromatic ring is 1. The molecule has 4 fully saturated rings. The van der Waals surface area contributed by atoms with Crippen molar-refractivity contribution in [1.82, 2.24) is 69.9 Å². The molecule has 15 aromatic rings. The van der Waals surface area contributed by atoms with Gasteiger partial charge in [0.25, 0.3) is 22.6 Å². The van der Waals surface area contributed by atoms with Crippen molar-refractivity contribution >= 4 is 171 Å². The molecule has 15 heterocycles. The number of nitrogens with two attached hydrogens (primary N) is 2. The molecule has 19 rings (SSSR count). The van der Waals surface area contributed by atoms with Crippen molar-refractivity contribution < 1.29 is 62.3 Å². The highest BCUT2D eigenvalue weighted by Gasteiger charge is 2.37. The van der Waals surface area contributed by atoms with E-state index in [1.165, 1.54) is 6.07 Å². The van der Waals surface area contributed by atoms with Crippen LogP contribution in [0.3, 0.4) is 0 Å². The average molecular weight is 1790 g/mol. The first-order valence-electron chi connectivity index (χ1n) is 39.5. The lowest BCUT2D eigenvalue weighted by Crippen LogP contribution is -2.57. The number of aromatic amines is 3. The van der Waals surface area contributed by atoms with E-state index >= 15 is 0 Å². The summed E-state index contributed by atoms with van der Waals surface area (Å²) < 4.78 is 38.3. The maximum Gasteiger partial charge on any atom is 0.410 e. The number of ether oxygens (including phenoxy) is 6. The molecule has 0 unspecified atom stereocenters. The molecule has 0 radical (unpaired) electrons. The van der Waals surface area contributed by atoms with Crippen LogP contribution in [0.4, 0.5) is 15.3 Å². The van der Waals surface area contributed by atoms with Crippen molar-refractivity contribution in [3.05, 3.63) is 210 Å². The number of primary amides is 1. The first-order valence-corrected chi connectivity index (χ1v) is 43.4. The number of hydrogen-bond donors (Lipinski definition) is 7. The van der Waals surface area contributed by atoms with E-state index in [1.807, 2.05) is 131 Å². The molecule has 4 aromatic carbocycles. The van der Waals surface area contributed by atoms with Crippen LogP contribution in [0, 0.1) is 0 Å². The van der Waals surface area contributed by atoms with Crippen molar-refractivity contribution in [3.8, 4) is 57.6 Å². The Labute approximate surface area is 733 Å². The van der Waals surface area contributed by atoms with Gasteiger partial charge in [-0.3, -0.25) is 43.7 Å². The number of halogens is 1. The van der Waals surface area contributed by atoms with E-state index in [4.69, 9.17) is 56.6 Å². The molecule has 0 bridgehead atoms. The Hall–Kier alpha value is -13.4. The first kappa shape index (κ1) is 87.9. The third-order valence-corrected chi connectivity index (χ3v) is 23.1. The van der Waals surface area contributed by atoms with Crippen LogP contribution in [0.15, 0.2) is 182 Å². The normalized spacial score (nSPS) is 13.9. The molecule has 4 amide bonds. The number of hydrogen-bond acceptors (Lipinski definition) is 28. The molecule has 4 saturated heterocycles. The minimum Gasteiger partial charge on any atom is -0.488 e. The number of carbonyl (C=O) groups is 6. The highest BCUT2D eigenvalue weighted by atomic mass is 35.5. The lowest BCUT2D eigenvalue weighted by atomic mass is 10.1. The summed E-state index contributed by atoms with van der Waals surface area (Å²) in [5, 5.41) is 25.0. The fourth-order valence-electron chi connectivity index (χ4n) is 12.8. The minimum atomic E-state index is -0.983. The molecule has 37 heteroatoms. The van der Waals surface area contributed by atoms with Gasteiger partial charge in [-0.25, -0.2) is 34.3 Å². The Morgan fingerprint density at radius 2 is 0.800 bits per heavy atom. The Morgan fingerprint density at radius 3 is 1.13 bits per heavy atom. The molecule has 9 N–H and O–H groups in total. The van der Waals surface area contributed by atoms with Gasteiger partial charge in [-0.15, -0.1) is 45.3 Å². The van der Waals surface area contributed by atoms with Gasteiger partial charge in [0.05, 0.1) is 96.3 Å². The Balaban J connectivity index is 0.000000128. The number of nitrogens with one attached hydrogen (secondary N) is 4. The minimum absolute atomic E-state index is 0.0456. The van der Waals surface area contributed by atoms with Crippen LogP contribution >= 0.6 is 56.9 Å². The van der Waals surface area contributed by atoms with E-state index in [-0.39, 0.29) is 75.7 Å². The van der Waals surface area contributed by atoms with Crippen LogP contribution in [-0.2, 0) is 19.1 Å². The number of fused-ring (bicyclic) bond motifs is 7. The van der Waals surface area contributed by atoms with Gasteiger partial charge in [-0.2, -0.15) is 0 Å². The highest BCUT2D eigenvalue weighted by Crippen LogP contribution is 2.32. The van der Waals surface area contributed by atoms with E-state index < -0.39 is 23.1 Å². The lowest BCUT2D eigenvalue weighted by molar-refractivity contribution is -0.139. The summed E-state index contributed by atoms with van der Waals surface area (Å²) in [4.78, 5) is 149. The second-order valence-corrected chi connectivity index (χ2v) is 35.3. The molecule has 4 aliphatic heterocycles. The first-order chi connectivity index (χ1) is 59.8. The summed E-state index contributed by atoms with van der Waals surface area (Å²) in [5.74, 6) is 2.23. The van der Waals surface area contributed by atoms with Crippen LogP contribution in [0.5, 0.6) is 23.0 Å². The smallest absolute Gasteiger partial charge is 0.410 e. The molecular weight excluding hydrogens is 1700 g/mol. The largest absolute Gasteiger partial charge is 0.488 e. The Bertz CT molecular complexity index is 6760. The number of pyridine rings is 4. The summed E-state index contributed by atoms with van der Waals surface area (Å²) in [5.41, 5.74) is 13.5. The number of carboxylic acid groups (broad SMARTS) is 1. The molecule has 32 nitrogen and oxygen atoms in total. The molecule has 11 aromatic heterocycles. The molecule has 4 aliphatic rings. The fourth-order valence-corrected chi connectivity index (χ4v) is 15.7. The van der Waals surface area contributed by atoms with Crippen LogP contribution in [0.1, 0.15) is 89.1 Å². The zero-order chi connectivity index (χ0) is 88.5. The van der Waals surface area contributed by atoms with Gasteiger partial charge < -0.3 is 80.0 Å². The predicted octanol–water partition coefficient (Wildman–Crippen LogP) is 14.5. The zero-order valence-corrected chi connectivity index (χ0v) is 72.8. The number of aromatic nitrogens is 10. The van der Waals surface area contributed by atoms with Gasteiger partial charge in [0.2, 0.25) is 11.1 Å². The van der Waals surface area contributed by atoms with Gasteiger partial charge in [0.1, 0.15) is 81.4 Å². The van der Waals surface area contributed by atoms with E-state index in [1.54, 1.807) is 146 Å². The summed E-state index contributed by atoms with van der Waals surface area (Å²) in [6.45, 7) is 19.1. The van der Waals surface area contributed by atoms with Crippen molar-refractivity contribution in [2.45, 2.75) is 104 Å². The number of anilines is 1. The molecule has 0 saturated carbocycles. The topological polar surface area (TPSA) is 441 Å². The SMILES string of the molecule is CC(C)(C)OC(=O)N1CC(Oc2ccc(N)c(C(N)=O)c2)C1.CC(C)(C)OC(=O)N1CC(Oc2ccc3nc(-c4cc5ccsc5cn4)[nH]c(=O)c3c2)C1.CCC(=O)Cl.CCC(=O)N1CC(Oc2ccc3nc(-c4cc5ccsc5cn4)[nH]c(=O)c3c2)C1.O=C(O)c1cc2ccsc2cn1.O=c1[nH]c(-c2cc3ccsc3cn2)nc2ccc(OC3CNC3)cc12. The van der Waals surface area contributed by atoms with Crippen molar-refractivity contribution in [1.29, 1.82) is 0 Å². The summed E-state index contributed by atoms with van der Waals surface area (Å²) in [7, 11) is 0. The van der Waals surface area contributed by atoms with Gasteiger partial charge in [0.15, 0.2) is 17.5 Å². The third kappa shape index (κ3) is 22.2. The van der Waals surface area contributed by atoms with Crippen molar-refractivity contribution in [3.63, 3.8) is 0 Å². The molecule has 0 atom stereocenters. The molecule has 644 valence electrons. The number of nitrogens with zero attached hydrogens (tertiary/aromatic N) is 10. The van der Waals surface area contributed by atoms with E-state index in [9.17, 15) is 43.2 Å². The molecule has 125 heavy (non-hydrogen) atoms. The second-order valence-electron chi connectivity index (χ2n) is 31.1. The Morgan fingerprint density at radius 1 is 0.464 bits per heavy atom. The maximum atomic E-state index is 12.7. The monoisotopic (exact) mass is 1780 g/mol. The number of thiophene rings is 4. The van der Waals surface area contributed by atoms with E-state index in [0.717, 1.165) is 53.4 Å². The van der Waals surface area contributed by atoms with Crippen LogP contribution < -0.4 is 52.4 Å². The molecule has 0 aliphatic carbocycles. The summed E-state index contributed by atoms with van der Waals surface area (Å²) >= 11 is 11.3. The van der Waals surface area contributed by atoms with Gasteiger partial charge >= 0.3 is 18.2 Å². The number of aromatic carboxylic acids is 1. The number of likely N-dealkylation sites (tertiary alicyclic amines) is 3.